The third-order valence-electron chi connectivity index (χ3n) is 6.31. The fourth-order valence-electron chi connectivity index (χ4n) is 4.36. The number of morpholine rings is 1. The Morgan fingerprint density at radius 1 is 1.15 bits per heavy atom. The normalized spacial score (nSPS) is 15.1. The third kappa shape index (κ3) is 4.64. The monoisotopic (exact) mass is 481 g/mol. The van der Waals surface area contributed by atoms with Gasteiger partial charge >= 0.3 is 0 Å². The number of rotatable bonds is 8. The van der Waals surface area contributed by atoms with Crippen molar-refractivity contribution < 1.29 is 9.57 Å². The molecule has 0 unspecified atom stereocenters. The Bertz CT molecular complexity index is 1320. The highest BCUT2D eigenvalue weighted by molar-refractivity contribution is 6.33. The molecule has 0 amide bonds. The number of hydrogen-bond donors (Lipinski definition) is 0. The molecule has 178 valence electrons. The summed E-state index contributed by atoms with van der Waals surface area (Å²) in [7, 11) is 0. The fraction of sp³-hybridized carbons (Fsp3) is 0.417. The van der Waals surface area contributed by atoms with E-state index < -0.39 is 0 Å². The van der Waals surface area contributed by atoms with Crippen LogP contribution in [0.25, 0.3) is 16.7 Å². The van der Waals surface area contributed by atoms with Crippen LogP contribution in [-0.2, 0) is 22.7 Å². The highest BCUT2D eigenvalue weighted by Crippen LogP contribution is 2.27. The topological polar surface area (TPSA) is 82.1 Å². The molecule has 1 aliphatic rings. The maximum Gasteiger partial charge on any atom is 0.192 e. The van der Waals surface area contributed by atoms with Crippen molar-refractivity contribution in [2.75, 3.05) is 32.8 Å². The standard InChI is InChI=1S/C24H28ClN7O2/c1-17-18(2)31(9-5-8-30-10-12-33-13-11-30)23-22(17)24-28-21(29-32(24)16-26-23)15-34-27-14-19-6-3-4-7-20(19)25/h3-4,6-7,14,16H,5,8-13,15H2,1-2H3/b27-14-. The van der Waals surface area contributed by atoms with E-state index in [-0.39, 0.29) is 6.61 Å². The first-order chi connectivity index (χ1) is 16.6. The van der Waals surface area contributed by atoms with Crippen LogP contribution >= 0.6 is 11.6 Å². The lowest BCUT2D eigenvalue weighted by Crippen LogP contribution is -2.37. The van der Waals surface area contributed by atoms with Crippen molar-refractivity contribution in [1.82, 2.24) is 29.0 Å². The molecule has 5 rings (SSSR count). The molecule has 0 saturated carbocycles. The highest BCUT2D eigenvalue weighted by Gasteiger charge is 2.18. The molecule has 10 heteroatoms. The Morgan fingerprint density at radius 3 is 2.79 bits per heavy atom. The van der Waals surface area contributed by atoms with E-state index in [0.717, 1.165) is 68.1 Å². The molecule has 0 radical (unpaired) electrons. The van der Waals surface area contributed by atoms with Crippen LogP contribution in [0.15, 0.2) is 35.7 Å². The Balaban J connectivity index is 1.31. The van der Waals surface area contributed by atoms with Gasteiger partial charge in [-0.15, -0.1) is 5.10 Å². The van der Waals surface area contributed by atoms with Crippen molar-refractivity contribution in [2.24, 2.45) is 5.16 Å². The maximum atomic E-state index is 6.14. The fourth-order valence-corrected chi connectivity index (χ4v) is 4.54. The molecule has 1 saturated heterocycles. The number of benzene rings is 1. The highest BCUT2D eigenvalue weighted by atomic mass is 35.5. The van der Waals surface area contributed by atoms with Gasteiger partial charge in [-0.2, -0.15) is 0 Å². The Kier molecular flexibility index (Phi) is 6.75. The van der Waals surface area contributed by atoms with Crippen molar-refractivity contribution in [3.8, 4) is 0 Å². The Morgan fingerprint density at radius 2 is 1.97 bits per heavy atom. The second kappa shape index (κ2) is 10.1. The summed E-state index contributed by atoms with van der Waals surface area (Å²) in [5, 5.41) is 10.2. The average molecular weight is 482 g/mol. The molecular weight excluding hydrogens is 454 g/mol. The predicted molar refractivity (Wildman–Crippen MR) is 131 cm³/mol. The molecule has 1 fully saturated rings. The van der Waals surface area contributed by atoms with Crippen molar-refractivity contribution in [3.05, 3.63) is 58.3 Å². The van der Waals surface area contributed by atoms with Crippen LogP contribution < -0.4 is 0 Å². The zero-order valence-electron chi connectivity index (χ0n) is 19.4. The lowest BCUT2D eigenvalue weighted by molar-refractivity contribution is 0.0369. The summed E-state index contributed by atoms with van der Waals surface area (Å²) in [6.07, 6.45) is 4.37. The van der Waals surface area contributed by atoms with E-state index in [4.69, 9.17) is 31.1 Å². The van der Waals surface area contributed by atoms with E-state index in [9.17, 15) is 0 Å². The van der Waals surface area contributed by atoms with Crippen molar-refractivity contribution in [1.29, 1.82) is 0 Å². The van der Waals surface area contributed by atoms with Gasteiger partial charge in [0.1, 0.15) is 12.0 Å². The summed E-state index contributed by atoms with van der Waals surface area (Å²) in [6.45, 7) is 10.1. The number of hydrogen-bond acceptors (Lipinski definition) is 7. The van der Waals surface area contributed by atoms with Crippen LogP contribution in [0.2, 0.25) is 5.02 Å². The smallest absolute Gasteiger partial charge is 0.192 e. The zero-order chi connectivity index (χ0) is 23.5. The van der Waals surface area contributed by atoms with Crippen molar-refractivity contribution in [2.45, 2.75) is 33.4 Å². The molecule has 0 aliphatic carbocycles. The van der Waals surface area contributed by atoms with Gasteiger partial charge in [-0.05, 0) is 31.9 Å². The number of aromatic nitrogens is 5. The molecule has 34 heavy (non-hydrogen) atoms. The lowest BCUT2D eigenvalue weighted by atomic mass is 10.2. The van der Waals surface area contributed by atoms with Gasteiger partial charge in [0.2, 0.25) is 0 Å². The molecule has 4 aromatic rings. The van der Waals surface area contributed by atoms with Crippen LogP contribution in [0.1, 0.15) is 29.1 Å². The summed E-state index contributed by atoms with van der Waals surface area (Å²) < 4.78 is 9.46. The number of oxime groups is 1. The first-order valence-corrected chi connectivity index (χ1v) is 11.9. The van der Waals surface area contributed by atoms with Gasteiger partial charge in [0.25, 0.3) is 0 Å². The quantitative estimate of drug-likeness (QED) is 0.282. The molecule has 1 aliphatic heterocycles. The van der Waals surface area contributed by atoms with Gasteiger partial charge in [-0.25, -0.2) is 14.5 Å². The molecule has 0 spiro atoms. The lowest BCUT2D eigenvalue weighted by Gasteiger charge is -2.26. The van der Waals surface area contributed by atoms with Gasteiger partial charge in [-0.3, -0.25) is 4.90 Å². The molecule has 1 aromatic carbocycles. The number of fused-ring (bicyclic) bond motifs is 3. The van der Waals surface area contributed by atoms with E-state index in [0.29, 0.717) is 10.8 Å². The van der Waals surface area contributed by atoms with Crippen LogP contribution in [0.5, 0.6) is 0 Å². The van der Waals surface area contributed by atoms with E-state index in [1.165, 1.54) is 11.3 Å². The third-order valence-corrected chi connectivity index (χ3v) is 6.66. The van der Waals surface area contributed by atoms with Gasteiger partial charge in [0, 0.05) is 42.5 Å². The largest absolute Gasteiger partial charge is 0.387 e. The number of nitrogens with zero attached hydrogens (tertiary/aromatic N) is 7. The van der Waals surface area contributed by atoms with Crippen molar-refractivity contribution >= 4 is 34.5 Å². The zero-order valence-corrected chi connectivity index (χ0v) is 20.2. The van der Waals surface area contributed by atoms with E-state index in [1.54, 1.807) is 17.1 Å². The SMILES string of the molecule is Cc1c(C)n(CCCN2CCOCC2)c2ncn3nc(CO/N=C\c4ccccc4Cl)nc3c12. The molecule has 4 heterocycles. The Hall–Kier alpha value is -3.01. The van der Waals surface area contributed by atoms with Crippen LogP contribution in [0, 0.1) is 13.8 Å². The maximum absolute atomic E-state index is 6.14. The molecule has 0 bridgehead atoms. The van der Waals surface area contributed by atoms with Crippen LogP contribution in [0.3, 0.4) is 0 Å². The number of aryl methyl sites for hydroxylation is 2. The summed E-state index contributed by atoms with van der Waals surface area (Å²) in [6, 6.07) is 7.45. The molecule has 0 atom stereocenters. The molecule has 3 aromatic heterocycles. The summed E-state index contributed by atoms with van der Waals surface area (Å²) in [4.78, 5) is 17.3. The van der Waals surface area contributed by atoms with Crippen LogP contribution in [-0.4, -0.2) is 68.1 Å². The first kappa shape index (κ1) is 22.8. The predicted octanol–water partition coefficient (Wildman–Crippen LogP) is 3.62. The molecular formula is C24H28ClN7O2. The minimum atomic E-state index is 0.155. The average Bonchev–Trinajstić information content (AvgIpc) is 3.37. The summed E-state index contributed by atoms with van der Waals surface area (Å²) in [5.41, 5.74) is 4.91. The Labute approximate surface area is 202 Å². The second-order valence-corrected chi connectivity index (χ2v) is 8.85. The molecule has 0 N–H and O–H groups in total. The van der Waals surface area contributed by atoms with Gasteiger partial charge < -0.3 is 14.1 Å². The van der Waals surface area contributed by atoms with Gasteiger partial charge in [0.15, 0.2) is 18.1 Å². The number of ether oxygens (including phenoxy) is 1. The minimum Gasteiger partial charge on any atom is -0.387 e. The van der Waals surface area contributed by atoms with Crippen LogP contribution in [0.4, 0.5) is 0 Å². The summed E-state index contributed by atoms with van der Waals surface area (Å²) >= 11 is 6.14. The molecule has 9 nitrogen and oxygen atoms in total. The van der Waals surface area contributed by atoms with E-state index in [2.05, 4.69) is 33.6 Å². The van der Waals surface area contributed by atoms with Gasteiger partial charge in [-0.1, -0.05) is 35.0 Å². The summed E-state index contributed by atoms with van der Waals surface area (Å²) in [5.74, 6) is 0.544. The first-order valence-electron chi connectivity index (χ1n) is 11.5. The second-order valence-electron chi connectivity index (χ2n) is 8.44. The number of halogens is 1. The minimum absolute atomic E-state index is 0.155. The van der Waals surface area contributed by atoms with E-state index in [1.807, 2.05) is 24.3 Å². The van der Waals surface area contributed by atoms with Crippen molar-refractivity contribution in [3.63, 3.8) is 0 Å². The van der Waals surface area contributed by atoms with Gasteiger partial charge in [0.05, 0.1) is 24.8 Å². The van der Waals surface area contributed by atoms with E-state index >= 15 is 0 Å².